The molecule has 0 heterocycles. The summed E-state index contributed by atoms with van der Waals surface area (Å²) in [6, 6.07) is 8.43. The molecule has 9 nitrogen and oxygen atoms in total. The summed E-state index contributed by atoms with van der Waals surface area (Å²) < 4.78 is 46.9. The largest absolute Gasteiger partial charge is 0.493 e. The standard InChI is InChI=1S/C20H26N2O7S/c1-13(20(23)21-14-7-9-16(26-2)18(11-14)28-4)22(30(6,24)25)15-8-10-17(27-3)19(12-15)29-5/h7-13H,1-6H3,(H,21,23). The Labute approximate surface area is 176 Å². The number of hydrogen-bond donors (Lipinski definition) is 1. The monoisotopic (exact) mass is 438 g/mol. The number of methoxy groups -OCH3 is 4. The second-order valence-electron chi connectivity index (χ2n) is 6.33. The number of carbonyl (C=O) groups is 1. The summed E-state index contributed by atoms with van der Waals surface area (Å²) in [6.45, 7) is 1.49. The number of nitrogens with one attached hydrogen (secondary N) is 1. The maximum Gasteiger partial charge on any atom is 0.247 e. The average Bonchev–Trinajstić information content (AvgIpc) is 2.72. The summed E-state index contributed by atoms with van der Waals surface area (Å²) >= 11 is 0. The lowest BCUT2D eigenvalue weighted by Crippen LogP contribution is -2.45. The molecule has 2 aromatic rings. The lowest BCUT2D eigenvalue weighted by molar-refractivity contribution is -0.116. The number of rotatable bonds is 9. The highest BCUT2D eigenvalue weighted by molar-refractivity contribution is 7.92. The summed E-state index contributed by atoms with van der Waals surface area (Å²) in [4.78, 5) is 12.9. The second kappa shape index (κ2) is 9.57. The van der Waals surface area contributed by atoms with E-state index in [1.807, 2.05) is 0 Å². The first-order valence-corrected chi connectivity index (χ1v) is 10.7. The van der Waals surface area contributed by atoms with E-state index < -0.39 is 22.0 Å². The van der Waals surface area contributed by atoms with Gasteiger partial charge < -0.3 is 24.3 Å². The summed E-state index contributed by atoms with van der Waals surface area (Å²) in [6.07, 6.45) is 1.03. The molecular formula is C20H26N2O7S. The molecule has 1 atom stereocenters. The summed E-state index contributed by atoms with van der Waals surface area (Å²) in [5.41, 5.74) is 0.704. The van der Waals surface area contributed by atoms with E-state index in [0.717, 1.165) is 10.6 Å². The summed E-state index contributed by atoms with van der Waals surface area (Å²) in [7, 11) is 2.12. The van der Waals surface area contributed by atoms with Gasteiger partial charge in [0, 0.05) is 17.8 Å². The number of ether oxygens (including phenoxy) is 4. The molecule has 30 heavy (non-hydrogen) atoms. The lowest BCUT2D eigenvalue weighted by atomic mass is 10.2. The van der Waals surface area contributed by atoms with E-state index in [1.54, 1.807) is 30.3 Å². The minimum Gasteiger partial charge on any atom is -0.493 e. The van der Waals surface area contributed by atoms with Gasteiger partial charge >= 0.3 is 0 Å². The van der Waals surface area contributed by atoms with E-state index >= 15 is 0 Å². The highest BCUT2D eigenvalue weighted by Gasteiger charge is 2.30. The van der Waals surface area contributed by atoms with Gasteiger partial charge in [0.15, 0.2) is 23.0 Å². The van der Waals surface area contributed by atoms with Gasteiger partial charge in [-0.2, -0.15) is 0 Å². The molecule has 0 radical (unpaired) electrons. The van der Waals surface area contributed by atoms with Crippen LogP contribution >= 0.6 is 0 Å². The van der Waals surface area contributed by atoms with Crippen LogP contribution in [0.3, 0.4) is 0 Å². The van der Waals surface area contributed by atoms with Crippen LogP contribution in [0.5, 0.6) is 23.0 Å². The van der Waals surface area contributed by atoms with E-state index in [4.69, 9.17) is 18.9 Å². The molecular weight excluding hydrogens is 412 g/mol. The van der Waals surface area contributed by atoms with Gasteiger partial charge in [-0.05, 0) is 31.2 Å². The molecule has 0 aliphatic rings. The van der Waals surface area contributed by atoms with Gasteiger partial charge in [-0.15, -0.1) is 0 Å². The van der Waals surface area contributed by atoms with Crippen molar-refractivity contribution in [2.24, 2.45) is 0 Å². The number of nitrogens with zero attached hydrogens (tertiary/aromatic N) is 1. The first-order valence-electron chi connectivity index (χ1n) is 8.90. The van der Waals surface area contributed by atoms with Crippen LogP contribution < -0.4 is 28.6 Å². The lowest BCUT2D eigenvalue weighted by Gasteiger charge is -2.28. The Morgan fingerprint density at radius 1 is 0.867 bits per heavy atom. The maximum atomic E-state index is 12.9. The Bertz CT molecular complexity index is 1010. The van der Waals surface area contributed by atoms with E-state index in [0.29, 0.717) is 28.7 Å². The summed E-state index contributed by atoms with van der Waals surface area (Å²) in [5, 5.41) is 2.70. The molecule has 0 saturated carbocycles. The van der Waals surface area contributed by atoms with Crippen LogP contribution in [0.2, 0.25) is 0 Å². The van der Waals surface area contributed by atoms with Crippen LogP contribution in [0.15, 0.2) is 36.4 Å². The molecule has 1 amide bonds. The fraction of sp³-hybridized carbons (Fsp3) is 0.350. The SMILES string of the molecule is COc1ccc(NC(=O)C(C)N(c2ccc(OC)c(OC)c2)S(C)(=O)=O)cc1OC. The van der Waals surface area contributed by atoms with Crippen LogP contribution in [0.4, 0.5) is 11.4 Å². The number of amides is 1. The van der Waals surface area contributed by atoms with Crippen LogP contribution in [0.1, 0.15) is 6.92 Å². The van der Waals surface area contributed by atoms with E-state index in [-0.39, 0.29) is 5.69 Å². The molecule has 2 aromatic carbocycles. The highest BCUT2D eigenvalue weighted by atomic mass is 32.2. The van der Waals surface area contributed by atoms with Gasteiger partial charge in [-0.1, -0.05) is 0 Å². The van der Waals surface area contributed by atoms with E-state index in [2.05, 4.69) is 5.32 Å². The predicted octanol–water partition coefficient (Wildman–Crippen LogP) is 2.51. The molecule has 1 N–H and O–H groups in total. The molecule has 0 bridgehead atoms. The van der Waals surface area contributed by atoms with Crippen LogP contribution in [-0.2, 0) is 14.8 Å². The molecule has 0 aromatic heterocycles. The Hall–Kier alpha value is -3.14. The fourth-order valence-corrected chi connectivity index (χ4v) is 4.10. The van der Waals surface area contributed by atoms with Crippen molar-refractivity contribution in [3.05, 3.63) is 36.4 Å². The normalized spacial score (nSPS) is 11.9. The zero-order chi connectivity index (χ0) is 22.5. The van der Waals surface area contributed by atoms with Gasteiger partial charge in [-0.25, -0.2) is 8.42 Å². The molecule has 0 aliphatic carbocycles. The minimum atomic E-state index is -3.79. The third-order valence-corrected chi connectivity index (χ3v) is 5.60. The van der Waals surface area contributed by atoms with Crippen molar-refractivity contribution in [1.82, 2.24) is 0 Å². The van der Waals surface area contributed by atoms with Gasteiger partial charge in [0.25, 0.3) is 0 Å². The van der Waals surface area contributed by atoms with Crippen molar-refractivity contribution in [3.63, 3.8) is 0 Å². The molecule has 0 spiro atoms. The third-order valence-electron chi connectivity index (χ3n) is 4.36. The van der Waals surface area contributed by atoms with Gasteiger partial charge in [0.05, 0.1) is 40.4 Å². The van der Waals surface area contributed by atoms with Crippen molar-refractivity contribution < 1.29 is 32.2 Å². The average molecular weight is 439 g/mol. The van der Waals surface area contributed by atoms with Crippen molar-refractivity contribution in [2.45, 2.75) is 13.0 Å². The second-order valence-corrected chi connectivity index (χ2v) is 8.19. The zero-order valence-corrected chi connectivity index (χ0v) is 18.6. The fourth-order valence-electron chi connectivity index (χ4n) is 2.93. The third kappa shape index (κ3) is 5.07. The van der Waals surface area contributed by atoms with Crippen molar-refractivity contribution in [1.29, 1.82) is 0 Å². The number of carbonyl (C=O) groups excluding carboxylic acids is 1. The van der Waals surface area contributed by atoms with Crippen LogP contribution in [-0.4, -0.2) is 55.1 Å². The van der Waals surface area contributed by atoms with Gasteiger partial charge in [-0.3, -0.25) is 9.10 Å². The molecule has 0 saturated heterocycles. The number of benzene rings is 2. The quantitative estimate of drug-likeness (QED) is 0.642. The number of hydrogen-bond acceptors (Lipinski definition) is 7. The Balaban J connectivity index is 2.36. The predicted molar refractivity (Wildman–Crippen MR) is 115 cm³/mol. The van der Waals surface area contributed by atoms with E-state index in [9.17, 15) is 13.2 Å². The van der Waals surface area contributed by atoms with Crippen molar-refractivity contribution in [3.8, 4) is 23.0 Å². The number of sulfonamides is 1. The molecule has 10 heteroatoms. The van der Waals surface area contributed by atoms with Crippen molar-refractivity contribution >= 4 is 27.3 Å². The Morgan fingerprint density at radius 3 is 1.87 bits per heavy atom. The molecule has 1 unspecified atom stereocenters. The maximum absolute atomic E-state index is 12.9. The number of anilines is 2. The Morgan fingerprint density at radius 2 is 1.37 bits per heavy atom. The summed E-state index contributed by atoms with van der Waals surface area (Å²) in [5.74, 6) is 1.20. The van der Waals surface area contributed by atoms with Gasteiger partial charge in [0.1, 0.15) is 6.04 Å². The van der Waals surface area contributed by atoms with Crippen molar-refractivity contribution in [2.75, 3.05) is 44.3 Å². The zero-order valence-electron chi connectivity index (χ0n) is 17.8. The minimum absolute atomic E-state index is 0.269. The first-order chi connectivity index (χ1) is 14.2. The topological polar surface area (TPSA) is 103 Å². The van der Waals surface area contributed by atoms with Crippen LogP contribution in [0, 0.1) is 0 Å². The molecule has 164 valence electrons. The smallest absolute Gasteiger partial charge is 0.247 e. The molecule has 0 aliphatic heterocycles. The molecule has 2 rings (SSSR count). The van der Waals surface area contributed by atoms with Crippen LogP contribution in [0.25, 0.3) is 0 Å². The highest BCUT2D eigenvalue weighted by Crippen LogP contribution is 2.34. The molecule has 0 fully saturated rings. The van der Waals surface area contributed by atoms with E-state index in [1.165, 1.54) is 41.4 Å². The Kier molecular flexibility index (Phi) is 7.38. The first kappa shape index (κ1) is 23.1. The van der Waals surface area contributed by atoms with Gasteiger partial charge in [0.2, 0.25) is 15.9 Å².